The summed E-state index contributed by atoms with van der Waals surface area (Å²) in [5.74, 6) is 1.88. The van der Waals surface area contributed by atoms with E-state index in [9.17, 15) is 0 Å². The topological polar surface area (TPSA) is 47.3 Å². The SMILES string of the molecule is CNC(C)Cc1cccc(OC(N)CCSSC)c1. The monoisotopic (exact) mass is 300 g/mol. The quantitative estimate of drug-likeness (QED) is 0.417. The molecule has 5 heteroatoms. The first-order chi connectivity index (χ1) is 9.15. The van der Waals surface area contributed by atoms with Crippen molar-refractivity contribution in [1.82, 2.24) is 5.32 Å². The molecule has 0 aliphatic carbocycles. The third-order valence-corrected chi connectivity index (χ3v) is 4.67. The van der Waals surface area contributed by atoms with Crippen LogP contribution in [-0.2, 0) is 6.42 Å². The van der Waals surface area contributed by atoms with Gasteiger partial charge in [-0.15, -0.1) is 0 Å². The molecule has 0 saturated carbocycles. The lowest BCUT2D eigenvalue weighted by molar-refractivity contribution is 0.206. The molecule has 0 aliphatic rings. The molecule has 3 N–H and O–H groups in total. The smallest absolute Gasteiger partial charge is 0.148 e. The van der Waals surface area contributed by atoms with Crippen molar-refractivity contribution in [3.05, 3.63) is 29.8 Å². The average Bonchev–Trinajstić information content (AvgIpc) is 2.39. The van der Waals surface area contributed by atoms with Crippen LogP contribution >= 0.6 is 21.6 Å². The van der Waals surface area contributed by atoms with E-state index in [-0.39, 0.29) is 6.23 Å². The number of likely N-dealkylation sites (N-methyl/N-ethyl adjacent to an activating group) is 1. The Kier molecular flexibility index (Phi) is 8.37. The first kappa shape index (κ1) is 16.7. The molecule has 0 radical (unpaired) electrons. The molecule has 0 spiro atoms. The molecule has 0 amide bonds. The molecule has 0 bridgehead atoms. The Hall–Kier alpha value is -0.360. The van der Waals surface area contributed by atoms with Gasteiger partial charge < -0.3 is 10.1 Å². The van der Waals surface area contributed by atoms with Crippen LogP contribution in [-0.4, -0.2) is 31.3 Å². The van der Waals surface area contributed by atoms with Crippen molar-refractivity contribution in [2.24, 2.45) is 5.73 Å². The second-order valence-electron chi connectivity index (χ2n) is 4.47. The highest BCUT2D eigenvalue weighted by molar-refractivity contribution is 8.76. The normalized spacial score (nSPS) is 14.1. The Bertz CT molecular complexity index is 363. The summed E-state index contributed by atoms with van der Waals surface area (Å²) in [6.07, 6.45) is 3.70. The van der Waals surface area contributed by atoms with Crippen LogP contribution in [0.25, 0.3) is 0 Å². The fourth-order valence-electron chi connectivity index (χ4n) is 1.68. The fourth-order valence-corrected chi connectivity index (χ4v) is 2.97. The summed E-state index contributed by atoms with van der Waals surface area (Å²) >= 11 is 0. The number of nitrogens with two attached hydrogens (primary N) is 1. The molecule has 108 valence electrons. The van der Waals surface area contributed by atoms with Gasteiger partial charge in [-0.25, -0.2) is 0 Å². The highest BCUT2D eigenvalue weighted by Gasteiger charge is 2.06. The Morgan fingerprint density at radius 3 is 2.89 bits per heavy atom. The van der Waals surface area contributed by atoms with E-state index in [0.717, 1.165) is 24.3 Å². The Morgan fingerprint density at radius 2 is 2.21 bits per heavy atom. The molecule has 0 aromatic heterocycles. The van der Waals surface area contributed by atoms with Gasteiger partial charge in [-0.2, -0.15) is 0 Å². The zero-order chi connectivity index (χ0) is 14.1. The van der Waals surface area contributed by atoms with E-state index in [0.29, 0.717) is 6.04 Å². The molecule has 0 saturated heterocycles. The molecule has 0 fully saturated rings. The molecule has 0 aliphatic heterocycles. The van der Waals surface area contributed by atoms with E-state index >= 15 is 0 Å². The van der Waals surface area contributed by atoms with Gasteiger partial charge in [0.2, 0.25) is 0 Å². The van der Waals surface area contributed by atoms with E-state index < -0.39 is 0 Å². The van der Waals surface area contributed by atoms with Crippen LogP contribution in [0.15, 0.2) is 24.3 Å². The third kappa shape index (κ3) is 7.11. The average molecular weight is 300 g/mol. The molecule has 1 aromatic carbocycles. The highest BCUT2D eigenvalue weighted by Crippen LogP contribution is 2.20. The molecule has 0 heterocycles. The standard InChI is InChI=1S/C14H24N2OS2/c1-11(16-2)9-12-5-4-6-13(10-12)17-14(15)7-8-19-18-3/h4-6,10-11,14,16H,7-9,15H2,1-3H3. The summed E-state index contributed by atoms with van der Waals surface area (Å²) in [7, 11) is 5.55. The van der Waals surface area contributed by atoms with Crippen LogP contribution in [0.4, 0.5) is 0 Å². The first-order valence-electron chi connectivity index (χ1n) is 6.49. The second-order valence-corrected chi connectivity index (χ2v) is 7.16. The predicted molar refractivity (Wildman–Crippen MR) is 87.9 cm³/mol. The predicted octanol–water partition coefficient (Wildman–Crippen LogP) is 2.90. The van der Waals surface area contributed by atoms with Crippen molar-refractivity contribution >= 4 is 21.6 Å². The largest absolute Gasteiger partial charge is 0.476 e. The van der Waals surface area contributed by atoms with Gasteiger partial charge in [-0.05, 0) is 44.3 Å². The second kappa shape index (κ2) is 9.53. The minimum Gasteiger partial charge on any atom is -0.476 e. The molecular weight excluding hydrogens is 276 g/mol. The molecular formula is C14H24N2OS2. The van der Waals surface area contributed by atoms with Gasteiger partial charge in [-0.1, -0.05) is 33.7 Å². The summed E-state index contributed by atoms with van der Waals surface area (Å²) in [5.41, 5.74) is 7.24. The summed E-state index contributed by atoms with van der Waals surface area (Å²) in [6, 6.07) is 8.65. The van der Waals surface area contributed by atoms with Gasteiger partial charge in [0.1, 0.15) is 12.0 Å². The lowest BCUT2D eigenvalue weighted by Gasteiger charge is -2.16. The van der Waals surface area contributed by atoms with Crippen LogP contribution in [0.3, 0.4) is 0 Å². The van der Waals surface area contributed by atoms with Gasteiger partial charge in [-0.3, -0.25) is 5.73 Å². The van der Waals surface area contributed by atoms with Crippen molar-refractivity contribution in [3.8, 4) is 5.75 Å². The van der Waals surface area contributed by atoms with Crippen molar-refractivity contribution in [1.29, 1.82) is 0 Å². The van der Waals surface area contributed by atoms with E-state index in [4.69, 9.17) is 10.5 Å². The number of benzene rings is 1. The molecule has 2 atom stereocenters. The minimum absolute atomic E-state index is 0.225. The lowest BCUT2D eigenvalue weighted by Crippen LogP contribution is -2.27. The summed E-state index contributed by atoms with van der Waals surface area (Å²) in [4.78, 5) is 0. The van der Waals surface area contributed by atoms with Gasteiger partial charge in [0, 0.05) is 18.2 Å². The van der Waals surface area contributed by atoms with Gasteiger partial charge >= 0.3 is 0 Å². The fraction of sp³-hybridized carbons (Fsp3) is 0.571. The zero-order valence-electron chi connectivity index (χ0n) is 11.9. The lowest BCUT2D eigenvalue weighted by atomic mass is 10.1. The van der Waals surface area contributed by atoms with Crippen molar-refractivity contribution in [2.75, 3.05) is 19.1 Å². The Labute approximate surface area is 124 Å². The van der Waals surface area contributed by atoms with E-state index in [2.05, 4.69) is 30.6 Å². The van der Waals surface area contributed by atoms with Gasteiger partial charge in [0.05, 0.1) is 0 Å². The van der Waals surface area contributed by atoms with Crippen molar-refractivity contribution in [2.45, 2.75) is 32.0 Å². The zero-order valence-corrected chi connectivity index (χ0v) is 13.5. The van der Waals surface area contributed by atoms with Crippen LogP contribution in [0.2, 0.25) is 0 Å². The molecule has 19 heavy (non-hydrogen) atoms. The van der Waals surface area contributed by atoms with E-state index in [1.165, 1.54) is 5.56 Å². The number of hydrogen-bond donors (Lipinski definition) is 2. The van der Waals surface area contributed by atoms with Crippen LogP contribution in [0, 0.1) is 0 Å². The van der Waals surface area contributed by atoms with Gasteiger partial charge in [0.15, 0.2) is 0 Å². The van der Waals surface area contributed by atoms with Crippen LogP contribution in [0.1, 0.15) is 18.9 Å². The minimum atomic E-state index is -0.225. The molecule has 3 nitrogen and oxygen atoms in total. The maximum Gasteiger partial charge on any atom is 0.148 e. The first-order valence-corrected chi connectivity index (χ1v) is 9.22. The van der Waals surface area contributed by atoms with E-state index in [1.54, 1.807) is 10.8 Å². The maximum absolute atomic E-state index is 5.97. The molecule has 1 aromatic rings. The van der Waals surface area contributed by atoms with E-state index in [1.807, 2.05) is 30.0 Å². The summed E-state index contributed by atoms with van der Waals surface area (Å²) in [6.45, 7) is 2.17. The summed E-state index contributed by atoms with van der Waals surface area (Å²) in [5, 5.41) is 3.24. The van der Waals surface area contributed by atoms with Crippen molar-refractivity contribution < 1.29 is 4.74 Å². The molecule has 1 rings (SSSR count). The van der Waals surface area contributed by atoms with Crippen LogP contribution < -0.4 is 15.8 Å². The van der Waals surface area contributed by atoms with Crippen molar-refractivity contribution in [3.63, 3.8) is 0 Å². The molecule has 2 unspecified atom stereocenters. The number of ether oxygens (including phenoxy) is 1. The number of nitrogens with one attached hydrogen (secondary N) is 1. The van der Waals surface area contributed by atoms with Crippen LogP contribution in [0.5, 0.6) is 5.75 Å². The Morgan fingerprint density at radius 1 is 1.42 bits per heavy atom. The third-order valence-electron chi connectivity index (χ3n) is 2.82. The highest BCUT2D eigenvalue weighted by atomic mass is 33.1. The number of rotatable bonds is 9. The van der Waals surface area contributed by atoms with Gasteiger partial charge in [0.25, 0.3) is 0 Å². The number of hydrogen-bond acceptors (Lipinski definition) is 5. The Balaban J connectivity index is 2.47. The maximum atomic E-state index is 5.97. The summed E-state index contributed by atoms with van der Waals surface area (Å²) < 4.78 is 5.75.